The predicted octanol–water partition coefficient (Wildman–Crippen LogP) is 1.46. The molecule has 0 aromatic carbocycles. The molecule has 2 amide bonds. The summed E-state index contributed by atoms with van der Waals surface area (Å²) in [7, 11) is 0. The number of hydrogen-bond acceptors (Lipinski definition) is 2. The van der Waals surface area contributed by atoms with E-state index in [0.717, 1.165) is 6.42 Å². The SMILES string of the molecule is CC1=CCN(C(=O)N[C@@H](C(=O)O)C(C)C)CC1. The minimum atomic E-state index is -0.989. The van der Waals surface area contributed by atoms with E-state index < -0.39 is 12.0 Å². The number of carboxylic acid groups (broad SMARTS) is 1. The maximum Gasteiger partial charge on any atom is 0.326 e. The van der Waals surface area contributed by atoms with Gasteiger partial charge in [-0.15, -0.1) is 0 Å². The highest BCUT2D eigenvalue weighted by molar-refractivity contribution is 5.82. The van der Waals surface area contributed by atoms with Crippen LogP contribution in [0.25, 0.3) is 0 Å². The lowest BCUT2D eigenvalue weighted by atomic mass is 10.1. The summed E-state index contributed by atoms with van der Waals surface area (Å²) in [4.78, 5) is 24.4. The summed E-state index contributed by atoms with van der Waals surface area (Å²) >= 11 is 0. The van der Waals surface area contributed by atoms with Gasteiger partial charge < -0.3 is 15.3 Å². The van der Waals surface area contributed by atoms with Gasteiger partial charge in [-0.05, 0) is 19.3 Å². The largest absolute Gasteiger partial charge is 0.480 e. The molecule has 1 atom stereocenters. The summed E-state index contributed by atoms with van der Waals surface area (Å²) in [6.45, 7) is 6.79. The Morgan fingerprint density at radius 3 is 2.53 bits per heavy atom. The molecule has 0 saturated carbocycles. The number of urea groups is 1. The quantitative estimate of drug-likeness (QED) is 0.734. The predicted molar refractivity (Wildman–Crippen MR) is 64.7 cm³/mol. The molecule has 0 aromatic rings. The Labute approximate surface area is 101 Å². The molecule has 0 bridgehead atoms. The number of carbonyl (C=O) groups is 2. The Morgan fingerprint density at radius 1 is 1.47 bits per heavy atom. The zero-order valence-electron chi connectivity index (χ0n) is 10.6. The third kappa shape index (κ3) is 3.76. The summed E-state index contributed by atoms with van der Waals surface area (Å²) < 4.78 is 0. The van der Waals surface area contributed by atoms with Crippen LogP contribution in [0.15, 0.2) is 11.6 Å². The summed E-state index contributed by atoms with van der Waals surface area (Å²) in [5, 5.41) is 11.5. The van der Waals surface area contributed by atoms with E-state index in [1.807, 2.05) is 13.0 Å². The monoisotopic (exact) mass is 240 g/mol. The van der Waals surface area contributed by atoms with Gasteiger partial charge in [-0.1, -0.05) is 25.5 Å². The van der Waals surface area contributed by atoms with Crippen molar-refractivity contribution in [2.24, 2.45) is 5.92 Å². The van der Waals surface area contributed by atoms with Crippen LogP contribution in [0.5, 0.6) is 0 Å². The van der Waals surface area contributed by atoms with E-state index in [1.54, 1.807) is 18.7 Å². The first-order valence-corrected chi connectivity index (χ1v) is 5.85. The van der Waals surface area contributed by atoms with E-state index in [0.29, 0.717) is 13.1 Å². The number of rotatable bonds is 3. The fourth-order valence-electron chi connectivity index (χ4n) is 1.69. The average molecular weight is 240 g/mol. The number of carbonyl (C=O) groups excluding carboxylic acids is 1. The van der Waals surface area contributed by atoms with Crippen molar-refractivity contribution >= 4 is 12.0 Å². The first kappa shape index (κ1) is 13.5. The highest BCUT2D eigenvalue weighted by Gasteiger charge is 2.26. The molecular weight excluding hydrogens is 220 g/mol. The molecule has 1 heterocycles. The minimum absolute atomic E-state index is 0.126. The van der Waals surface area contributed by atoms with Gasteiger partial charge in [0, 0.05) is 13.1 Å². The van der Waals surface area contributed by atoms with Crippen LogP contribution in [0.3, 0.4) is 0 Å². The highest BCUT2D eigenvalue weighted by Crippen LogP contribution is 2.10. The summed E-state index contributed by atoms with van der Waals surface area (Å²) in [5.74, 6) is -1.12. The Bertz CT molecular complexity index is 337. The standard InChI is InChI=1S/C12H20N2O3/c1-8(2)10(11(15)16)13-12(17)14-6-4-9(3)5-7-14/h4,8,10H,5-7H2,1-3H3,(H,13,17)(H,15,16)/t10-/m1/s1. The molecule has 1 aliphatic heterocycles. The van der Waals surface area contributed by atoms with Gasteiger partial charge in [0.1, 0.15) is 6.04 Å². The summed E-state index contributed by atoms with van der Waals surface area (Å²) in [6, 6.07) is -1.12. The maximum absolute atomic E-state index is 11.8. The van der Waals surface area contributed by atoms with Crippen LogP contribution in [0.1, 0.15) is 27.2 Å². The second-order valence-corrected chi connectivity index (χ2v) is 4.76. The van der Waals surface area contributed by atoms with Crippen molar-refractivity contribution in [3.8, 4) is 0 Å². The van der Waals surface area contributed by atoms with Crippen molar-refractivity contribution < 1.29 is 14.7 Å². The number of nitrogens with one attached hydrogen (secondary N) is 1. The van der Waals surface area contributed by atoms with Crippen molar-refractivity contribution in [1.82, 2.24) is 10.2 Å². The molecule has 0 aromatic heterocycles. The number of carboxylic acids is 1. The van der Waals surface area contributed by atoms with Crippen molar-refractivity contribution in [2.45, 2.75) is 33.2 Å². The van der Waals surface area contributed by atoms with Crippen molar-refractivity contribution in [3.05, 3.63) is 11.6 Å². The maximum atomic E-state index is 11.8. The minimum Gasteiger partial charge on any atom is -0.480 e. The molecule has 1 aliphatic rings. The highest BCUT2D eigenvalue weighted by atomic mass is 16.4. The van der Waals surface area contributed by atoms with Gasteiger partial charge in [-0.3, -0.25) is 0 Å². The van der Waals surface area contributed by atoms with Crippen molar-refractivity contribution in [1.29, 1.82) is 0 Å². The lowest BCUT2D eigenvalue weighted by Gasteiger charge is -2.28. The molecule has 5 nitrogen and oxygen atoms in total. The Morgan fingerprint density at radius 2 is 2.12 bits per heavy atom. The molecule has 0 saturated heterocycles. The summed E-state index contributed by atoms with van der Waals surface area (Å²) in [6.07, 6.45) is 2.85. The van der Waals surface area contributed by atoms with Crippen LogP contribution in [0.4, 0.5) is 4.79 Å². The van der Waals surface area contributed by atoms with Crippen LogP contribution in [0.2, 0.25) is 0 Å². The molecule has 0 fully saturated rings. The number of hydrogen-bond donors (Lipinski definition) is 2. The molecule has 0 aliphatic carbocycles. The van der Waals surface area contributed by atoms with Crippen LogP contribution in [-0.2, 0) is 4.79 Å². The van der Waals surface area contributed by atoms with Crippen molar-refractivity contribution in [3.63, 3.8) is 0 Å². The molecule has 0 unspecified atom stereocenters. The zero-order valence-corrected chi connectivity index (χ0v) is 10.6. The van der Waals surface area contributed by atoms with Crippen LogP contribution in [-0.4, -0.2) is 41.1 Å². The van der Waals surface area contributed by atoms with Gasteiger partial charge in [0.05, 0.1) is 0 Å². The van der Waals surface area contributed by atoms with Gasteiger partial charge in [0.2, 0.25) is 0 Å². The average Bonchev–Trinajstić information content (AvgIpc) is 2.25. The number of amides is 2. The normalized spacial score (nSPS) is 17.6. The van der Waals surface area contributed by atoms with Crippen LogP contribution in [0, 0.1) is 5.92 Å². The topological polar surface area (TPSA) is 69.6 Å². The lowest BCUT2D eigenvalue weighted by Crippen LogP contribution is -2.51. The third-order valence-electron chi connectivity index (χ3n) is 2.94. The fraction of sp³-hybridized carbons (Fsp3) is 0.667. The van der Waals surface area contributed by atoms with Crippen LogP contribution >= 0.6 is 0 Å². The second kappa shape index (κ2) is 5.70. The van der Waals surface area contributed by atoms with Gasteiger partial charge >= 0.3 is 12.0 Å². The van der Waals surface area contributed by atoms with E-state index in [-0.39, 0.29) is 11.9 Å². The molecule has 2 N–H and O–H groups in total. The summed E-state index contributed by atoms with van der Waals surface area (Å²) in [5.41, 5.74) is 1.27. The van der Waals surface area contributed by atoms with E-state index in [4.69, 9.17) is 5.11 Å². The number of aliphatic carboxylic acids is 1. The molecule has 0 radical (unpaired) electrons. The van der Waals surface area contributed by atoms with Crippen LogP contribution < -0.4 is 5.32 Å². The van der Waals surface area contributed by atoms with Gasteiger partial charge in [-0.25, -0.2) is 9.59 Å². The lowest BCUT2D eigenvalue weighted by molar-refractivity contribution is -0.140. The van der Waals surface area contributed by atoms with Crippen molar-refractivity contribution in [2.75, 3.05) is 13.1 Å². The first-order chi connectivity index (χ1) is 7.91. The second-order valence-electron chi connectivity index (χ2n) is 4.76. The molecule has 17 heavy (non-hydrogen) atoms. The Kier molecular flexibility index (Phi) is 4.54. The Balaban J connectivity index is 2.56. The van der Waals surface area contributed by atoms with Gasteiger partial charge in [0.25, 0.3) is 0 Å². The molecular formula is C12H20N2O3. The fourth-order valence-corrected chi connectivity index (χ4v) is 1.69. The number of nitrogens with zero attached hydrogens (tertiary/aromatic N) is 1. The van der Waals surface area contributed by atoms with E-state index >= 15 is 0 Å². The van der Waals surface area contributed by atoms with Gasteiger partial charge in [0.15, 0.2) is 0 Å². The van der Waals surface area contributed by atoms with E-state index in [1.165, 1.54) is 5.57 Å². The van der Waals surface area contributed by atoms with Gasteiger partial charge in [-0.2, -0.15) is 0 Å². The molecule has 5 heteroatoms. The smallest absolute Gasteiger partial charge is 0.326 e. The first-order valence-electron chi connectivity index (χ1n) is 5.85. The molecule has 96 valence electrons. The molecule has 0 spiro atoms. The third-order valence-corrected chi connectivity index (χ3v) is 2.94. The molecule has 1 rings (SSSR count). The van der Waals surface area contributed by atoms with E-state index in [2.05, 4.69) is 5.32 Å². The van der Waals surface area contributed by atoms with E-state index in [9.17, 15) is 9.59 Å². The Hall–Kier alpha value is -1.52. The zero-order chi connectivity index (χ0) is 13.0.